The molecule has 0 unspecified atom stereocenters. The second-order valence-electron chi connectivity index (χ2n) is 6.62. The largest absolute Gasteiger partial charge is 0.416 e. The van der Waals surface area contributed by atoms with E-state index in [1.165, 1.54) is 17.2 Å². The number of nitrogens with one attached hydrogen (secondary N) is 2. The molecule has 2 aromatic heterocycles. The first-order valence-electron chi connectivity index (χ1n) is 9.20. The zero-order chi connectivity index (χ0) is 21.1. The highest BCUT2D eigenvalue weighted by Crippen LogP contribution is 2.34. The van der Waals surface area contributed by atoms with Crippen LogP contribution in [-0.4, -0.2) is 34.3 Å². The Morgan fingerprint density at radius 2 is 2.00 bits per heavy atom. The van der Waals surface area contributed by atoms with Gasteiger partial charge in [-0.25, -0.2) is 9.78 Å². The van der Waals surface area contributed by atoms with Crippen LogP contribution in [0.5, 0.6) is 0 Å². The normalized spacial score (nSPS) is 13.8. The minimum atomic E-state index is -4.45. The first-order valence-corrected chi connectivity index (χ1v) is 9.20. The number of aromatic nitrogens is 3. The van der Waals surface area contributed by atoms with Crippen LogP contribution in [0.1, 0.15) is 12.0 Å². The van der Waals surface area contributed by atoms with Crippen LogP contribution in [0, 0.1) is 0 Å². The number of urea groups is 1. The molecule has 10 heteroatoms. The molecule has 0 radical (unpaired) electrons. The Balaban J connectivity index is 1.69. The molecule has 0 bridgehead atoms. The number of hydrogen-bond donors (Lipinski definition) is 2. The highest BCUT2D eigenvalue weighted by atomic mass is 19.4. The zero-order valence-corrected chi connectivity index (χ0v) is 15.6. The second kappa shape index (κ2) is 7.97. The number of fused-ring (bicyclic) bond motifs is 1. The topological polar surface area (TPSA) is 83.0 Å². The van der Waals surface area contributed by atoms with Gasteiger partial charge in [0, 0.05) is 24.8 Å². The summed E-state index contributed by atoms with van der Waals surface area (Å²) in [7, 11) is 0. The summed E-state index contributed by atoms with van der Waals surface area (Å²) < 4.78 is 39.2. The van der Waals surface area contributed by atoms with Crippen LogP contribution < -0.4 is 15.5 Å². The molecule has 0 spiro atoms. The van der Waals surface area contributed by atoms with E-state index in [9.17, 15) is 18.0 Å². The summed E-state index contributed by atoms with van der Waals surface area (Å²) in [6.07, 6.45) is -2.29. The zero-order valence-electron chi connectivity index (χ0n) is 15.6. The van der Waals surface area contributed by atoms with Crippen molar-refractivity contribution in [2.45, 2.75) is 12.6 Å². The summed E-state index contributed by atoms with van der Waals surface area (Å²) >= 11 is 0. The Bertz CT molecular complexity index is 1060. The quantitative estimate of drug-likeness (QED) is 0.649. The maximum absolute atomic E-state index is 13.1. The predicted molar refractivity (Wildman–Crippen MR) is 106 cm³/mol. The Hall–Kier alpha value is -3.69. The number of hydrogen-bond acceptors (Lipinski definition) is 5. The minimum Gasteiger partial charge on any atom is -0.382 e. The number of benzene rings is 1. The Kier molecular flexibility index (Phi) is 5.21. The van der Waals surface area contributed by atoms with E-state index >= 15 is 0 Å². The molecule has 4 rings (SSSR count). The van der Waals surface area contributed by atoms with E-state index in [2.05, 4.69) is 25.8 Å². The third-order valence-corrected chi connectivity index (χ3v) is 4.54. The molecule has 1 aromatic carbocycles. The minimum absolute atomic E-state index is 0.287. The molecule has 0 fully saturated rings. The Labute approximate surface area is 170 Å². The predicted octanol–water partition coefficient (Wildman–Crippen LogP) is 4.41. The van der Waals surface area contributed by atoms with E-state index in [0.29, 0.717) is 42.3 Å². The van der Waals surface area contributed by atoms with Gasteiger partial charge in [-0.2, -0.15) is 18.3 Å². The van der Waals surface area contributed by atoms with Crippen molar-refractivity contribution in [1.29, 1.82) is 0 Å². The average molecular weight is 414 g/mol. The molecule has 0 atom stereocenters. The van der Waals surface area contributed by atoms with Crippen molar-refractivity contribution in [3.63, 3.8) is 0 Å². The molecule has 1 aliphatic rings. The molecule has 2 amide bonds. The second-order valence-corrected chi connectivity index (χ2v) is 6.62. The summed E-state index contributed by atoms with van der Waals surface area (Å²) in [4.78, 5) is 18.8. The van der Waals surface area contributed by atoms with Crippen LogP contribution in [0.25, 0.3) is 11.3 Å². The number of halogens is 3. The third-order valence-electron chi connectivity index (χ3n) is 4.54. The molecule has 3 heterocycles. The third kappa shape index (κ3) is 4.17. The Morgan fingerprint density at radius 1 is 1.13 bits per heavy atom. The van der Waals surface area contributed by atoms with E-state index in [1.807, 2.05) is 0 Å². The van der Waals surface area contributed by atoms with Gasteiger partial charge in [0.2, 0.25) is 0 Å². The van der Waals surface area contributed by atoms with Gasteiger partial charge in [-0.1, -0.05) is 12.1 Å². The number of amides is 2. The Morgan fingerprint density at radius 3 is 2.77 bits per heavy atom. The lowest BCUT2D eigenvalue weighted by atomic mass is 10.1. The van der Waals surface area contributed by atoms with Crippen molar-refractivity contribution < 1.29 is 18.0 Å². The monoisotopic (exact) mass is 414 g/mol. The number of carbonyl (C=O) groups excluding carboxylic acids is 1. The molecular weight excluding hydrogens is 397 g/mol. The number of pyridine rings is 1. The lowest BCUT2D eigenvalue weighted by molar-refractivity contribution is -0.137. The van der Waals surface area contributed by atoms with Crippen molar-refractivity contribution in [2.24, 2.45) is 0 Å². The summed E-state index contributed by atoms with van der Waals surface area (Å²) in [5.41, 5.74) is 0.511. The lowest BCUT2D eigenvalue weighted by Gasteiger charge is -2.22. The molecule has 3 aromatic rings. The van der Waals surface area contributed by atoms with Crippen molar-refractivity contribution >= 4 is 23.4 Å². The van der Waals surface area contributed by atoms with Gasteiger partial charge in [0.05, 0.1) is 16.9 Å². The molecular formula is C20H17F3N6O. The van der Waals surface area contributed by atoms with Crippen molar-refractivity contribution in [1.82, 2.24) is 15.2 Å². The number of rotatable bonds is 2. The van der Waals surface area contributed by atoms with E-state index in [-0.39, 0.29) is 5.82 Å². The smallest absolute Gasteiger partial charge is 0.382 e. The molecule has 7 nitrogen and oxygen atoms in total. The number of alkyl halides is 3. The van der Waals surface area contributed by atoms with E-state index in [4.69, 9.17) is 0 Å². The van der Waals surface area contributed by atoms with E-state index in [0.717, 1.165) is 12.1 Å². The van der Waals surface area contributed by atoms with E-state index < -0.39 is 17.8 Å². The molecule has 154 valence electrons. The summed E-state index contributed by atoms with van der Waals surface area (Å²) in [6, 6.07) is 11.1. The standard InChI is InChI=1S/C20H17F3N6O/c21-20(22,23)14-5-1-4-13(12-14)15-7-8-16-18(26-15)29(11-3-9-24-16)19(30)27-17-6-2-10-25-28-17/h1-2,4-8,10,12,24H,3,9,11H2,(H,27,28,30). The SMILES string of the molecule is O=C(Nc1cccnn1)N1CCCNc2ccc(-c3cccc(C(F)(F)F)c3)nc21. The summed E-state index contributed by atoms with van der Waals surface area (Å²) in [5.74, 6) is 0.624. The summed E-state index contributed by atoms with van der Waals surface area (Å²) in [5, 5.41) is 13.4. The summed E-state index contributed by atoms with van der Waals surface area (Å²) in [6.45, 7) is 1.01. The molecule has 2 N–H and O–H groups in total. The number of carbonyl (C=O) groups is 1. The van der Waals surface area contributed by atoms with Crippen LogP contribution in [0.3, 0.4) is 0 Å². The molecule has 0 saturated heterocycles. The first kappa shape index (κ1) is 19.6. The van der Waals surface area contributed by atoms with Crippen LogP contribution in [0.15, 0.2) is 54.7 Å². The van der Waals surface area contributed by atoms with Crippen LogP contribution in [0.2, 0.25) is 0 Å². The van der Waals surface area contributed by atoms with Gasteiger partial charge in [0.15, 0.2) is 11.6 Å². The first-order chi connectivity index (χ1) is 14.4. The van der Waals surface area contributed by atoms with Gasteiger partial charge in [0.25, 0.3) is 0 Å². The van der Waals surface area contributed by atoms with Crippen molar-refractivity contribution in [2.75, 3.05) is 28.6 Å². The van der Waals surface area contributed by atoms with Crippen LogP contribution >= 0.6 is 0 Å². The highest BCUT2D eigenvalue weighted by Gasteiger charge is 2.31. The fourth-order valence-corrected chi connectivity index (χ4v) is 3.12. The van der Waals surface area contributed by atoms with Gasteiger partial charge < -0.3 is 5.32 Å². The maximum atomic E-state index is 13.1. The number of nitrogens with zero attached hydrogens (tertiary/aromatic N) is 4. The van der Waals surface area contributed by atoms with Gasteiger partial charge in [-0.15, -0.1) is 5.10 Å². The fourth-order valence-electron chi connectivity index (χ4n) is 3.12. The molecule has 1 aliphatic heterocycles. The maximum Gasteiger partial charge on any atom is 0.416 e. The fraction of sp³-hybridized carbons (Fsp3) is 0.200. The molecule has 0 aliphatic carbocycles. The molecule has 30 heavy (non-hydrogen) atoms. The van der Waals surface area contributed by atoms with E-state index in [1.54, 1.807) is 30.3 Å². The van der Waals surface area contributed by atoms with Gasteiger partial charge in [0.1, 0.15) is 0 Å². The van der Waals surface area contributed by atoms with Crippen molar-refractivity contribution in [3.05, 3.63) is 60.3 Å². The van der Waals surface area contributed by atoms with Crippen molar-refractivity contribution in [3.8, 4) is 11.3 Å². The van der Waals surface area contributed by atoms with Gasteiger partial charge >= 0.3 is 12.2 Å². The average Bonchev–Trinajstić information content (AvgIpc) is 2.96. The van der Waals surface area contributed by atoms with Crippen LogP contribution in [0.4, 0.5) is 35.3 Å². The molecule has 0 saturated carbocycles. The lowest BCUT2D eigenvalue weighted by Crippen LogP contribution is -2.36. The van der Waals surface area contributed by atoms with Gasteiger partial charge in [-0.05, 0) is 42.8 Å². The van der Waals surface area contributed by atoms with Crippen LogP contribution in [-0.2, 0) is 6.18 Å². The van der Waals surface area contributed by atoms with Gasteiger partial charge in [-0.3, -0.25) is 10.2 Å². The number of anilines is 3. The highest BCUT2D eigenvalue weighted by molar-refractivity contribution is 6.02.